The van der Waals surface area contributed by atoms with Crippen molar-refractivity contribution in [2.24, 2.45) is 0 Å². The van der Waals surface area contributed by atoms with Gasteiger partial charge in [0.25, 0.3) is 5.22 Å². The van der Waals surface area contributed by atoms with Crippen LogP contribution in [-0.4, -0.2) is 22.7 Å². The molecule has 4 rings (SSSR count). The maximum absolute atomic E-state index is 11.9. The van der Waals surface area contributed by atoms with Crippen molar-refractivity contribution in [2.45, 2.75) is 39.5 Å². The number of carboxylic acids is 1. The maximum atomic E-state index is 11.9. The molecule has 180 valence electrons. The predicted octanol–water partition coefficient (Wildman–Crippen LogP) is 6.95. The molecule has 0 bridgehead atoms. The molecule has 35 heavy (non-hydrogen) atoms. The second-order valence-corrected chi connectivity index (χ2v) is 9.16. The number of aromatic nitrogens is 1. The van der Waals surface area contributed by atoms with Gasteiger partial charge in [-0.3, -0.25) is 0 Å². The molecule has 1 N–H and O–H groups in total. The topological polar surface area (TPSA) is 81.8 Å². The van der Waals surface area contributed by atoms with Crippen molar-refractivity contribution in [1.82, 2.24) is 4.98 Å². The van der Waals surface area contributed by atoms with E-state index < -0.39 is 5.97 Å². The number of aliphatic carboxylic acids is 1. The Morgan fingerprint density at radius 1 is 1.03 bits per heavy atom. The smallest absolute Gasteiger partial charge is 0.342 e. The molecule has 6 nitrogen and oxygen atoms in total. The molecule has 4 aromatic rings. The fourth-order valence-corrected chi connectivity index (χ4v) is 4.61. The summed E-state index contributed by atoms with van der Waals surface area (Å²) in [6.07, 6.45) is 1.57. The highest BCUT2D eigenvalue weighted by molar-refractivity contribution is 8.03. The number of oxazole rings is 1. The molecule has 0 spiro atoms. The number of carboxylic acid groups (broad SMARTS) is 1. The minimum absolute atomic E-state index is 0.0820. The van der Waals surface area contributed by atoms with Crippen LogP contribution in [0.5, 0.6) is 11.5 Å². The van der Waals surface area contributed by atoms with E-state index in [-0.39, 0.29) is 10.1 Å². The van der Waals surface area contributed by atoms with E-state index in [1.54, 1.807) is 24.3 Å². The van der Waals surface area contributed by atoms with Crippen molar-refractivity contribution in [2.75, 3.05) is 6.61 Å². The summed E-state index contributed by atoms with van der Waals surface area (Å²) in [5.74, 6) is 0.0907. The first-order valence-corrected chi connectivity index (χ1v) is 12.1. The van der Waals surface area contributed by atoms with Gasteiger partial charge in [-0.25, -0.2) is 9.78 Å². The summed E-state index contributed by atoms with van der Waals surface area (Å²) in [5.41, 5.74) is 6.69. The number of nitrogens with zero attached hydrogens (tertiary/aromatic N) is 1. The third-order valence-corrected chi connectivity index (χ3v) is 6.32. The third-order valence-electron chi connectivity index (χ3n) is 5.46. The predicted molar refractivity (Wildman–Crippen MR) is 138 cm³/mol. The minimum atomic E-state index is -1.07. The lowest BCUT2D eigenvalue weighted by atomic mass is 10.0. The maximum Gasteiger partial charge on any atom is 0.342 e. The van der Waals surface area contributed by atoms with Gasteiger partial charge in [0.2, 0.25) is 0 Å². The summed E-state index contributed by atoms with van der Waals surface area (Å²) in [6.45, 7) is 9.01. The molecule has 0 aliphatic rings. The molecular weight excluding hydrogens is 462 g/mol. The Kier molecular flexibility index (Phi) is 7.46. The highest BCUT2D eigenvalue weighted by atomic mass is 32.2. The van der Waals surface area contributed by atoms with Gasteiger partial charge >= 0.3 is 5.97 Å². The zero-order chi connectivity index (χ0) is 24.9. The van der Waals surface area contributed by atoms with E-state index in [9.17, 15) is 9.90 Å². The van der Waals surface area contributed by atoms with Crippen LogP contribution < -0.4 is 9.47 Å². The Labute approximate surface area is 208 Å². The zero-order valence-electron chi connectivity index (χ0n) is 20.1. The number of ether oxygens (including phenoxy) is 2. The van der Waals surface area contributed by atoms with Crippen LogP contribution in [0.25, 0.3) is 17.2 Å². The first kappa shape index (κ1) is 24.4. The zero-order valence-corrected chi connectivity index (χ0v) is 20.9. The summed E-state index contributed by atoms with van der Waals surface area (Å²) in [4.78, 5) is 16.4. The highest BCUT2D eigenvalue weighted by Crippen LogP contribution is 2.34. The average Bonchev–Trinajstić information content (AvgIpc) is 3.21. The summed E-state index contributed by atoms with van der Waals surface area (Å²) in [7, 11) is 0. The second kappa shape index (κ2) is 10.7. The van der Waals surface area contributed by atoms with Crippen molar-refractivity contribution in [3.8, 4) is 11.5 Å². The fourth-order valence-electron chi connectivity index (χ4n) is 3.86. The van der Waals surface area contributed by atoms with Gasteiger partial charge < -0.3 is 19.0 Å². The number of para-hydroxylation sites is 2. The Bertz CT molecular complexity index is 1350. The van der Waals surface area contributed by atoms with E-state index in [1.165, 1.54) is 16.7 Å². The quantitative estimate of drug-likeness (QED) is 0.201. The fraction of sp³-hybridized carbons (Fsp3) is 0.214. The molecule has 0 saturated carbocycles. The van der Waals surface area contributed by atoms with Crippen LogP contribution in [0.4, 0.5) is 0 Å². The van der Waals surface area contributed by atoms with Gasteiger partial charge in [0.1, 0.15) is 17.0 Å². The van der Waals surface area contributed by atoms with Crippen LogP contribution in [0.2, 0.25) is 0 Å². The van der Waals surface area contributed by atoms with Crippen LogP contribution >= 0.6 is 11.8 Å². The van der Waals surface area contributed by atoms with Crippen molar-refractivity contribution in [1.29, 1.82) is 0 Å². The van der Waals surface area contributed by atoms with Crippen LogP contribution in [-0.2, 0) is 11.4 Å². The van der Waals surface area contributed by atoms with Gasteiger partial charge in [-0.1, -0.05) is 35.9 Å². The van der Waals surface area contributed by atoms with Crippen molar-refractivity contribution >= 4 is 34.9 Å². The monoisotopic (exact) mass is 489 g/mol. The van der Waals surface area contributed by atoms with Gasteiger partial charge in [0.15, 0.2) is 17.1 Å². The van der Waals surface area contributed by atoms with Crippen LogP contribution in [0.15, 0.2) is 69.1 Å². The number of fused-ring (bicyclic) bond motifs is 1. The summed E-state index contributed by atoms with van der Waals surface area (Å²) in [5, 5.41) is 10.0. The van der Waals surface area contributed by atoms with Gasteiger partial charge in [0, 0.05) is 0 Å². The molecule has 0 unspecified atom stereocenters. The number of rotatable bonds is 9. The molecule has 0 aliphatic carbocycles. The SMILES string of the molecule is CCOc1cc(/C=C(\Sc2nc3ccccc3o2)C(=O)O)ccc1OCc1c(C)cc(C)cc1C. The van der Waals surface area contributed by atoms with Crippen molar-refractivity contribution < 1.29 is 23.8 Å². The summed E-state index contributed by atoms with van der Waals surface area (Å²) >= 11 is 0.964. The second-order valence-electron chi connectivity index (χ2n) is 8.17. The van der Waals surface area contributed by atoms with Gasteiger partial charge in [0.05, 0.1) is 6.61 Å². The van der Waals surface area contributed by atoms with Gasteiger partial charge in [-0.2, -0.15) is 0 Å². The van der Waals surface area contributed by atoms with Crippen LogP contribution in [0.3, 0.4) is 0 Å². The van der Waals surface area contributed by atoms with E-state index in [0.29, 0.717) is 41.4 Å². The first-order valence-electron chi connectivity index (χ1n) is 11.3. The number of aryl methyl sites for hydroxylation is 3. The van der Waals surface area contributed by atoms with Crippen molar-refractivity contribution in [3.63, 3.8) is 0 Å². The van der Waals surface area contributed by atoms with E-state index in [2.05, 4.69) is 37.9 Å². The highest BCUT2D eigenvalue weighted by Gasteiger charge is 2.16. The van der Waals surface area contributed by atoms with Crippen LogP contribution in [0.1, 0.15) is 34.7 Å². The molecule has 0 saturated heterocycles. The largest absolute Gasteiger partial charge is 0.490 e. The lowest BCUT2D eigenvalue weighted by molar-refractivity contribution is -0.131. The van der Waals surface area contributed by atoms with Crippen molar-refractivity contribution in [3.05, 3.63) is 87.3 Å². The number of carbonyl (C=O) groups is 1. The van der Waals surface area contributed by atoms with E-state index in [1.807, 2.05) is 31.2 Å². The number of hydrogen-bond acceptors (Lipinski definition) is 6. The lowest BCUT2D eigenvalue weighted by Gasteiger charge is -2.16. The van der Waals surface area contributed by atoms with Crippen LogP contribution in [0, 0.1) is 20.8 Å². The standard InChI is InChI=1S/C28H27NO5S/c1-5-32-25-14-20(10-11-24(25)33-16-21-18(3)12-17(2)13-19(21)4)15-26(27(30)31)35-28-29-22-8-6-7-9-23(22)34-28/h6-15H,5,16H2,1-4H3,(H,30,31)/b26-15-. The average molecular weight is 490 g/mol. The van der Waals surface area contributed by atoms with E-state index >= 15 is 0 Å². The van der Waals surface area contributed by atoms with Gasteiger partial charge in [-0.05, 0) is 92.1 Å². The Balaban J connectivity index is 1.58. The number of thioether (sulfide) groups is 1. The summed E-state index contributed by atoms with van der Waals surface area (Å²) in [6, 6.07) is 17.0. The molecular formula is C28H27NO5S. The number of hydrogen-bond donors (Lipinski definition) is 1. The molecule has 1 heterocycles. The molecule has 3 aromatic carbocycles. The Hall–Kier alpha value is -3.71. The molecule has 1 aromatic heterocycles. The first-order chi connectivity index (χ1) is 16.8. The molecule has 0 atom stereocenters. The Morgan fingerprint density at radius 3 is 2.46 bits per heavy atom. The molecule has 0 aliphatic heterocycles. The summed E-state index contributed by atoms with van der Waals surface area (Å²) < 4.78 is 17.6. The Morgan fingerprint density at radius 2 is 1.77 bits per heavy atom. The molecule has 0 amide bonds. The molecule has 0 fully saturated rings. The van der Waals surface area contributed by atoms with E-state index in [0.717, 1.165) is 17.3 Å². The lowest BCUT2D eigenvalue weighted by Crippen LogP contribution is -2.03. The molecule has 7 heteroatoms. The third kappa shape index (κ3) is 5.87. The normalized spacial score (nSPS) is 11.6. The minimum Gasteiger partial charge on any atom is -0.490 e. The van der Waals surface area contributed by atoms with Gasteiger partial charge in [-0.15, -0.1) is 0 Å². The van der Waals surface area contributed by atoms with E-state index in [4.69, 9.17) is 13.9 Å². The molecule has 0 radical (unpaired) electrons. The number of benzene rings is 3.